The van der Waals surface area contributed by atoms with E-state index in [-0.39, 0.29) is 0 Å². The molecule has 2 aromatic rings. The molecule has 0 spiro atoms. The number of benzene rings is 2. The average Bonchev–Trinajstić information content (AvgIpc) is 2.45. The maximum absolute atomic E-state index is 5.96. The van der Waals surface area contributed by atoms with Crippen LogP contribution in [-0.2, 0) is 6.61 Å². The van der Waals surface area contributed by atoms with Crippen LogP contribution in [0.4, 0.5) is 0 Å². The van der Waals surface area contributed by atoms with E-state index in [0.717, 1.165) is 16.9 Å². The van der Waals surface area contributed by atoms with Gasteiger partial charge in [-0.05, 0) is 23.1 Å². The van der Waals surface area contributed by atoms with Crippen LogP contribution in [0.3, 0.4) is 0 Å². The molecule has 2 nitrogen and oxygen atoms in total. The van der Waals surface area contributed by atoms with Crippen molar-refractivity contribution >= 4 is 17.2 Å². The molecular formula is C17H19NOS. The van der Waals surface area contributed by atoms with Gasteiger partial charge in [-0.2, -0.15) is 0 Å². The van der Waals surface area contributed by atoms with Crippen molar-refractivity contribution in [3.05, 3.63) is 65.2 Å². The number of hydrogen-bond donors (Lipinski definition) is 1. The topological polar surface area (TPSA) is 35.2 Å². The van der Waals surface area contributed by atoms with Gasteiger partial charge in [0, 0.05) is 5.56 Å². The Balaban J connectivity index is 2.20. The van der Waals surface area contributed by atoms with Gasteiger partial charge in [-0.3, -0.25) is 0 Å². The number of nitrogens with two attached hydrogens (primary N) is 1. The van der Waals surface area contributed by atoms with E-state index in [1.54, 1.807) is 0 Å². The first-order valence-corrected chi connectivity index (χ1v) is 7.10. The maximum Gasteiger partial charge on any atom is 0.123 e. The fraction of sp³-hybridized carbons (Fsp3) is 0.235. The molecule has 3 heteroatoms. The molecule has 0 heterocycles. The number of hydrogen-bond acceptors (Lipinski definition) is 2. The SMILES string of the molecule is CC(C)c1ccccc1OCc1ccccc1C(N)=S. The first-order chi connectivity index (χ1) is 9.59. The molecule has 0 aliphatic heterocycles. The van der Waals surface area contributed by atoms with Crippen molar-refractivity contribution in [3.8, 4) is 5.75 Å². The summed E-state index contributed by atoms with van der Waals surface area (Å²) in [7, 11) is 0. The maximum atomic E-state index is 5.96. The molecular weight excluding hydrogens is 266 g/mol. The smallest absolute Gasteiger partial charge is 0.123 e. The summed E-state index contributed by atoms with van der Waals surface area (Å²) in [6.07, 6.45) is 0. The molecule has 2 N–H and O–H groups in total. The Labute approximate surface area is 125 Å². The van der Waals surface area contributed by atoms with Crippen LogP contribution >= 0.6 is 12.2 Å². The Bertz CT molecular complexity index is 607. The number of ether oxygens (including phenoxy) is 1. The zero-order chi connectivity index (χ0) is 14.5. The minimum atomic E-state index is 0.404. The monoisotopic (exact) mass is 285 g/mol. The Morgan fingerprint density at radius 2 is 1.75 bits per heavy atom. The van der Waals surface area contributed by atoms with Crippen LogP contribution in [0.15, 0.2) is 48.5 Å². The van der Waals surface area contributed by atoms with Crippen molar-refractivity contribution in [1.29, 1.82) is 0 Å². The third-order valence-electron chi connectivity index (χ3n) is 3.21. The van der Waals surface area contributed by atoms with Crippen LogP contribution in [0, 0.1) is 0 Å². The summed E-state index contributed by atoms with van der Waals surface area (Å²) in [6.45, 7) is 4.79. The number of para-hydroxylation sites is 1. The summed E-state index contributed by atoms with van der Waals surface area (Å²) in [5.41, 5.74) is 8.84. The molecule has 0 atom stereocenters. The predicted molar refractivity (Wildman–Crippen MR) is 87.2 cm³/mol. The van der Waals surface area contributed by atoms with Crippen molar-refractivity contribution in [2.45, 2.75) is 26.4 Å². The molecule has 0 amide bonds. The van der Waals surface area contributed by atoms with Gasteiger partial charge >= 0.3 is 0 Å². The Hall–Kier alpha value is -1.87. The Morgan fingerprint density at radius 1 is 1.10 bits per heavy atom. The molecule has 0 fully saturated rings. The highest BCUT2D eigenvalue weighted by molar-refractivity contribution is 7.80. The van der Waals surface area contributed by atoms with Gasteiger partial charge in [0.25, 0.3) is 0 Å². The fourth-order valence-electron chi connectivity index (χ4n) is 2.13. The fourth-order valence-corrected chi connectivity index (χ4v) is 2.33. The van der Waals surface area contributed by atoms with Gasteiger partial charge in [-0.25, -0.2) is 0 Å². The largest absolute Gasteiger partial charge is 0.489 e. The molecule has 0 saturated carbocycles. The highest BCUT2D eigenvalue weighted by Gasteiger charge is 2.09. The highest BCUT2D eigenvalue weighted by Crippen LogP contribution is 2.26. The van der Waals surface area contributed by atoms with Crippen molar-refractivity contribution < 1.29 is 4.74 Å². The van der Waals surface area contributed by atoms with E-state index in [4.69, 9.17) is 22.7 Å². The Kier molecular flexibility index (Phi) is 4.74. The zero-order valence-electron chi connectivity index (χ0n) is 11.8. The second kappa shape index (κ2) is 6.53. The van der Waals surface area contributed by atoms with Crippen molar-refractivity contribution in [3.63, 3.8) is 0 Å². The lowest BCUT2D eigenvalue weighted by atomic mass is 10.0. The lowest BCUT2D eigenvalue weighted by Gasteiger charge is -2.15. The van der Waals surface area contributed by atoms with Gasteiger partial charge in [-0.1, -0.05) is 68.5 Å². The minimum absolute atomic E-state index is 0.404. The van der Waals surface area contributed by atoms with Gasteiger partial charge in [0.1, 0.15) is 17.3 Å². The molecule has 2 rings (SSSR count). The average molecular weight is 285 g/mol. The summed E-state index contributed by atoms with van der Waals surface area (Å²) >= 11 is 5.07. The molecule has 20 heavy (non-hydrogen) atoms. The molecule has 0 aliphatic rings. The summed E-state index contributed by atoms with van der Waals surface area (Å²) in [5.74, 6) is 1.34. The van der Waals surface area contributed by atoms with E-state index in [1.165, 1.54) is 5.56 Å². The quantitative estimate of drug-likeness (QED) is 0.843. The number of rotatable bonds is 5. The van der Waals surface area contributed by atoms with Crippen LogP contribution in [0.5, 0.6) is 5.75 Å². The van der Waals surface area contributed by atoms with E-state index in [9.17, 15) is 0 Å². The summed E-state index contributed by atoms with van der Waals surface area (Å²) < 4.78 is 5.96. The normalized spacial score (nSPS) is 10.6. The Morgan fingerprint density at radius 3 is 2.45 bits per heavy atom. The molecule has 104 valence electrons. The lowest BCUT2D eigenvalue weighted by Crippen LogP contribution is -2.13. The van der Waals surface area contributed by atoms with Crippen LogP contribution < -0.4 is 10.5 Å². The molecule has 0 radical (unpaired) electrons. The third kappa shape index (κ3) is 3.36. The summed E-state index contributed by atoms with van der Waals surface area (Å²) in [5, 5.41) is 0. The van der Waals surface area contributed by atoms with E-state index < -0.39 is 0 Å². The highest BCUT2D eigenvalue weighted by atomic mass is 32.1. The molecule has 0 unspecified atom stereocenters. The molecule has 0 aliphatic carbocycles. The van der Waals surface area contributed by atoms with Gasteiger partial charge in [0.2, 0.25) is 0 Å². The molecule has 0 saturated heterocycles. The summed E-state index contributed by atoms with van der Waals surface area (Å²) in [4.78, 5) is 0.404. The van der Waals surface area contributed by atoms with Crippen LogP contribution in [0.2, 0.25) is 0 Å². The second-order valence-electron chi connectivity index (χ2n) is 5.00. The molecule has 0 aromatic heterocycles. The van der Waals surface area contributed by atoms with E-state index in [1.807, 2.05) is 42.5 Å². The van der Waals surface area contributed by atoms with Gasteiger partial charge < -0.3 is 10.5 Å². The second-order valence-corrected chi connectivity index (χ2v) is 5.44. The van der Waals surface area contributed by atoms with E-state index >= 15 is 0 Å². The standard InChI is InChI=1S/C17H19NOS/c1-12(2)14-8-5-6-10-16(14)19-11-13-7-3-4-9-15(13)17(18)20/h3-10,12H,11H2,1-2H3,(H2,18,20). The first-order valence-electron chi connectivity index (χ1n) is 6.69. The van der Waals surface area contributed by atoms with E-state index in [0.29, 0.717) is 17.5 Å². The van der Waals surface area contributed by atoms with Crippen LogP contribution in [0.25, 0.3) is 0 Å². The summed E-state index contributed by atoms with van der Waals surface area (Å²) in [6, 6.07) is 15.9. The number of thiocarbonyl (C=S) groups is 1. The molecule has 2 aromatic carbocycles. The van der Waals surface area contributed by atoms with Crippen molar-refractivity contribution in [2.75, 3.05) is 0 Å². The third-order valence-corrected chi connectivity index (χ3v) is 3.43. The van der Waals surface area contributed by atoms with Crippen LogP contribution in [-0.4, -0.2) is 4.99 Å². The van der Waals surface area contributed by atoms with Crippen molar-refractivity contribution in [1.82, 2.24) is 0 Å². The van der Waals surface area contributed by atoms with Crippen molar-refractivity contribution in [2.24, 2.45) is 5.73 Å². The predicted octanol–water partition coefficient (Wildman–Crippen LogP) is 4.02. The van der Waals surface area contributed by atoms with Gasteiger partial charge in [0.05, 0.1) is 0 Å². The minimum Gasteiger partial charge on any atom is -0.489 e. The van der Waals surface area contributed by atoms with Gasteiger partial charge in [0.15, 0.2) is 0 Å². The zero-order valence-corrected chi connectivity index (χ0v) is 12.6. The van der Waals surface area contributed by atoms with E-state index in [2.05, 4.69) is 19.9 Å². The van der Waals surface area contributed by atoms with Crippen LogP contribution in [0.1, 0.15) is 36.5 Å². The molecule has 0 bridgehead atoms. The van der Waals surface area contributed by atoms with Gasteiger partial charge in [-0.15, -0.1) is 0 Å². The lowest BCUT2D eigenvalue weighted by molar-refractivity contribution is 0.301. The first kappa shape index (κ1) is 14.5.